The molecule has 6 nitrogen and oxygen atoms in total. The van der Waals surface area contributed by atoms with Crippen LogP contribution in [0.1, 0.15) is 30.8 Å². The first-order chi connectivity index (χ1) is 18.0. The van der Waals surface area contributed by atoms with Crippen LogP contribution in [0.4, 0.5) is 17.6 Å². The third kappa shape index (κ3) is 4.98. The van der Waals surface area contributed by atoms with E-state index in [1.807, 2.05) is 35.1 Å². The molecule has 0 bridgehead atoms. The van der Waals surface area contributed by atoms with Gasteiger partial charge in [0, 0.05) is 29.4 Å². The maximum Gasteiger partial charge on any atom is 0.416 e. The van der Waals surface area contributed by atoms with Crippen LogP contribution in [0.15, 0.2) is 54.9 Å². The van der Waals surface area contributed by atoms with E-state index in [-0.39, 0.29) is 28.2 Å². The van der Waals surface area contributed by atoms with Gasteiger partial charge in [0.2, 0.25) is 0 Å². The molecule has 0 N–H and O–H groups in total. The quantitative estimate of drug-likeness (QED) is 0.232. The Morgan fingerprint density at radius 3 is 2.32 bits per heavy atom. The molecule has 0 amide bonds. The molecule has 0 spiro atoms. The smallest absolute Gasteiger partial charge is 0.272 e. The summed E-state index contributed by atoms with van der Waals surface area (Å²) in [6.07, 6.45) is -0.931. The third-order valence-corrected chi connectivity index (χ3v) is 6.13. The molecule has 194 valence electrons. The maximum atomic E-state index is 15.1. The topological polar surface area (TPSA) is 69.4 Å². The number of nitrogens with zero attached hydrogens (tertiary/aromatic N) is 6. The van der Waals surface area contributed by atoms with Crippen molar-refractivity contribution in [3.63, 3.8) is 0 Å². The summed E-state index contributed by atoms with van der Waals surface area (Å²) in [5.41, 5.74) is 2.95. The number of halogens is 4. The minimum Gasteiger partial charge on any atom is -0.272 e. The second kappa shape index (κ2) is 9.59. The molecule has 2 aromatic carbocycles. The molecule has 0 aliphatic heterocycles. The summed E-state index contributed by atoms with van der Waals surface area (Å²) in [5, 5.41) is 4.43. The largest absolute Gasteiger partial charge is 0.416 e. The van der Waals surface area contributed by atoms with Gasteiger partial charge in [-0.3, -0.25) is 4.68 Å². The zero-order valence-electron chi connectivity index (χ0n) is 21.2. The van der Waals surface area contributed by atoms with E-state index in [9.17, 15) is 13.2 Å². The average molecular weight is 521 g/mol. The van der Waals surface area contributed by atoms with E-state index in [4.69, 9.17) is 0 Å². The van der Waals surface area contributed by atoms with Gasteiger partial charge in [-0.05, 0) is 49.6 Å². The molecule has 10 heteroatoms. The summed E-state index contributed by atoms with van der Waals surface area (Å²) in [6, 6.07) is 9.85. The van der Waals surface area contributed by atoms with Gasteiger partial charge in [-0.1, -0.05) is 32.0 Å². The zero-order valence-corrected chi connectivity index (χ0v) is 21.2. The molecule has 5 aromatic rings. The summed E-state index contributed by atoms with van der Waals surface area (Å²) in [7, 11) is 0. The van der Waals surface area contributed by atoms with Gasteiger partial charge in [0.25, 0.3) is 0 Å². The van der Waals surface area contributed by atoms with Gasteiger partial charge in [0.15, 0.2) is 11.5 Å². The Labute approximate surface area is 216 Å². The highest BCUT2D eigenvalue weighted by Crippen LogP contribution is 2.35. The van der Waals surface area contributed by atoms with E-state index >= 15 is 4.39 Å². The maximum absolute atomic E-state index is 15.1. The zero-order chi connectivity index (χ0) is 27.2. The first-order valence-corrected chi connectivity index (χ1v) is 12.0. The number of rotatable bonds is 5. The fourth-order valence-electron chi connectivity index (χ4n) is 4.14. The van der Waals surface area contributed by atoms with Crippen molar-refractivity contribution in [2.75, 3.05) is 0 Å². The lowest BCUT2D eigenvalue weighted by molar-refractivity contribution is -0.137. The normalized spacial score (nSPS) is 12.0. The second-order valence-electron chi connectivity index (χ2n) is 9.58. The highest BCUT2D eigenvalue weighted by molar-refractivity contribution is 5.89. The number of hydrogen-bond donors (Lipinski definition) is 0. The van der Waals surface area contributed by atoms with Crippen molar-refractivity contribution in [1.82, 2.24) is 29.7 Å². The highest BCUT2D eigenvalue weighted by atomic mass is 19.4. The molecule has 0 aliphatic rings. The van der Waals surface area contributed by atoms with Crippen LogP contribution in [0.3, 0.4) is 0 Å². The lowest BCUT2D eigenvalue weighted by atomic mass is 10.0. The molecule has 0 saturated heterocycles. The fraction of sp³-hybridized carbons (Fsp3) is 0.250. The van der Waals surface area contributed by atoms with E-state index in [1.54, 1.807) is 20.0 Å². The van der Waals surface area contributed by atoms with Gasteiger partial charge in [-0.2, -0.15) is 18.3 Å². The molecular formula is C28H24F4N6. The Bertz CT molecular complexity index is 1660. The summed E-state index contributed by atoms with van der Waals surface area (Å²) in [4.78, 5) is 18.2. The van der Waals surface area contributed by atoms with Gasteiger partial charge < -0.3 is 0 Å². The fourth-order valence-corrected chi connectivity index (χ4v) is 4.14. The van der Waals surface area contributed by atoms with Crippen molar-refractivity contribution >= 4 is 11.2 Å². The van der Waals surface area contributed by atoms with Crippen molar-refractivity contribution < 1.29 is 17.6 Å². The van der Waals surface area contributed by atoms with E-state index in [0.717, 1.165) is 29.8 Å². The van der Waals surface area contributed by atoms with Crippen LogP contribution in [0, 0.1) is 25.6 Å². The van der Waals surface area contributed by atoms with Gasteiger partial charge in [-0.25, -0.2) is 24.3 Å². The molecule has 0 saturated carbocycles. The van der Waals surface area contributed by atoms with E-state index in [2.05, 4.69) is 38.9 Å². The predicted molar refractivity (Wildman–Crippen MR) is 136 cm³/mol. The first-order valence-electron chi connectivity index (χ1n) is 12.0. The van der Waals surface area contributed by atoms with Crippen molar-refractivity contribution in [1.29, 1.82) is 0 Å². The SMILES string of the molecule is Cc1nc2nc(-c3cccc(-c4cnn(CC(C)C)c4)c3)nc(-c3ccc(C(F)(F)F)cc3F)c2nc1C. The minimum absolute atomic E-state index is 0.0713. The van der Waals surface area contributed by atoms with Crippen LogP contribution in [-0.2, 0) is 12.7 Å². The van der Waals surface area contributed by atoms with Crippen LogP contribution in [0.5, 0.6) is 0 Å². The Morgan fingerprint density at radius 2 is 1.61 bits per heavy atom. The van der Waals surface area contributed by atoms with Crippen molar-refractivity contribution in [2.45, 2.75) is 40.4 Å². The standard InChI is InChI=1S/C28H24F4N6/c1-15(2)13-38-14-20(12-33-38)18-6-5-7-19(10-18)26-36-24(25-27(37-26)35-17(4)16(3)34-25)22-9-8-21(11-23(22)29)28(30,31)32/h5-12,14-15H,13H2,1-4H3. The lowest BCUT2D eigenvalue weighted by Gasteiger charge is -2.12. The number of benzene rings is 2. The average Bonchev–Trinajstić information content (AvgIpc) is 3.32. The Hall–Kier alpha value is -4.21. The highest BCUT2D eigenvalue weighted by Gasteiger charge is 2.31. The summed E-state index contributed by atoms with van der Waals surface area (Å²) in [5.74, 6) is -0.366. The van der Waals surface area contributed by atoms with E-state index in [1.165, 1.54) is 0 Å². The molecule has 0 radical (unpaired) electrons. The van der Waals surface area contributed by atoms with Crippen molar-refractivity contribution in [3.8, 4) is 33.8 Å². The molecule has 0 atom stereocenters. The van der Waals surface area contributed by atoms with Crippen LogP contribution >= 0.6 is 0 Å². The van der Waals surface area contributed by atoms with Crippen molar-refractivity contribution in [3.05, 3.63) is 77.6 Å². The van der Waals surface area contributed by atoms with Gasteiger partial charge >= 0.3 is 6.18 Å². The molecule has 3 heterocycles. The Kier molecular flexibility index (Phi) is 6.42. The summed E-state index contributed by atoms with van der Waals surface area (Å²) >= 11 is 0. The summed E-state index contributed by atoms with van der Waals surface area (Å²) in [6.45, 7) is 8.53. The molecule has 0 unspecified atom stereocenters. The molecule has 38 heavy (non-hydrogen) atoms. The molecular weight excluding hydrogens is 496 g/mol. The number of hydrogen-bond acceptors (Lipinski definition) is 5. The lowest BCUT2D eigenvalue weighted by Crippen LogP contribution is -2.06. The Balaban J connectivity index is 1.66. The first kappa shape index (κ1) is 25.4. The van der Waals surface area contributed by atoms with Crippen LogP contribution in [0.2, 0.25) is 0 Å². The predicted octanol–water partition coefficient (Wildman–Crippen LogP) is 7.05. The number of aromatic nitrogens is 6. The van der Waals surface area contributed by atoms with E-state index in [0.29, 0.717) is 28.9 Å². The Morgan fingerprint density at radius 1 is 0.868 bits per heavy atom. The van der Waals surface area contributed by atoms with Crippen LogP contribution in [-0.4, -0.2) is 29.7 Å². The van der Waals surface area contributed by atoms with Crippen LogP contribution < -0.4 is 0 Å². The van der Waals surface area contributed by atoms with Gasteiger partial charge in [0.1, 0.15) is 17.0 Å². The second-order valence-corrected chi connectivity index (χ2v) is 9.58. The summed E-state index contributed by atoms with van der Waals surface area (Å²) < 4.78 is 56.4. The molecule has 3 aromatic heterocycles. The van der Waals surface area contributed by atoms with Crippen molar-refractivity contribution in [2.24, 2.45) is 5.92 Å². The monoisotopic (exact) mass is 520 g/mol. The number of aryl methyl sites for hydroxylation is 2. The number of fused-ring (bicyclic) bond motifs is 1. The molecule has 0 aliphatic carbocycles. The third-order valence-electron chi connectivity index (χ3n) is 6.13. The molecule has 5 rings (SSSR count). The van der Waals surface area contributed by atoms with Gasteiger partial charge in [-0.15, -0.1) is 0 Å². The molecule has 0 fully saturated rings. The number of alkyl halides is 3. The van der Waals surface area contributed by atoms with E-state index < -0.39 is 17.6 Å². The van der Waals surface area contributed by atoms with Gasteiger partial charge in [0.05, 0.1) is 23.1 Å². The van der Waals surface area contributed by atoms with Crippen LogP contribution in [0.25, 0.3) is 44.9 Å². The minimum atomic E-state index is -4.67.